The molecular formula is C52H30N4O. The zero-order chi connectivity index (χ0) is 37.2. The molecule has 57 heavy (non-hydrogen) atoms. The van der Waals surface area contributed by atoms with Crippen LogP contribution in [0.4, 0.5) is 0 Å². The summed E-state index contributed by atoms with van der Waals surface area (Å²) in [5.41, 5.74) is 10.2. The van der Waals surface area contributed by atoms with E-state index < -0.39 is 0 Å². The standard InChI is InChI=1S/C52H30N4O/c1-2-15-33-31(13-1)27-28-36-34-16-4-8-22-43(34)55(51(33)36)45-24-11-14-32-29-46-41(30-40(32)45)35-17-5-9-23-44(35)56(46)52-53-42-21-7-3-18-37(42)50(54-52)39-20-12-26-48-49(39)38-19-6-10-25-47(38)57-48/h1-30H. The molecule has 13 aromatic rings. The lowest BCUT2D eigenvalue weighted by Crippen LogP contribution is -2.03. The molecule has 0 amide bonds. The summed E-state index contributed by atoms with van der Waals surface area (Å²) < 4.78 is 11.1. The Labute approximate surface area is 325 Å². The molecule has 0 saturated heterocycles. The van der Waals surface area contributed by atoms with Crippen LogP contribution in [0.3, 0.4) is 0 Å². The summed E-state index contributed by atoms with van der Waals surface area (Å²) in [6.07, 6.45) is 0. The molecule has 0 aliphatic rings. The van der Waals surface area contributed by atoms with E-state index in [-0.39, 0.29) is 0 Å². The lowest BCUT2D eigenvalue weighted by molar-refractivity contribution is 0.669. The Bertz CT molecular complexity index is 3830. The summed E-state index contributed by atoms with van der Waals surface area (Å²) in [7, 11) is 0. The van der Waals surface area contributed by atoms with Crippen LogP contribution in [0.1, 0.15) is 0 Å². The summed E-state index contributed by atoms with van der Waals surface area (Å²) in [4.78, 5) is 10.8. The Balaban J connectivity index is 1.11. The van der Waals surface area contributed by atoms with E-state index in [2.05, 4.69) is 173 Å². The Morgan fingerprint density at radius 2 is 1.05 bits per heavy atom. The van der Waals surface area contributed by atoms with Crippen molar-refractivity contribution in [1.82, 2.24) is 19.1 Å². The molecule has 264 valence electrons. The smallest absolute Gasteiger partial charge is 0.235 e. The minimum atomic E-state index is 0.629. The highest BCUT2D eigenvalue weighted by Crippen LogP contribution is 2.42. The van der Waals surface area contributed by atoms with Gasteiger partial charge in [0.15, 0.2) is 0 Å². The number of para-hydroxylation sites is 4. The Morgan fingerprint density at radius 3 is 1.93 bits per heavy atom. The van der Waals surface area contributed by atoms with Crippen molar-refractivity contribution in [2.24, 2.45) is 0 Å². The molecule has 0 radical (unpaired) electrons. The van der Waals surface area contributed by atoms with Crippen molar-refractivity contribution in [3.8, 4) is 22.9 Å². The molecule has 0 bridgehead atoms. The average Bonchev–Trinajstić information content (AvgIpc) is 3.93. The van der Waals surface area contributed by atoms with Crippen LogP contribution in [0.5, 0.6) is 0 Å². The van der Waals surface area contributed by atoms with Crippen LogP contribution in [0, 0.1) is 0 Å². The molecule has 4 heterocycles. The van der Waals surface area contributed by atoms with Gasteiger partial charge in [0.05, 0.1) is 39.0 Å². The van der Waals surface area contributed by atoms with Gasteiger partial charge in [0.1, 0.15) is 11.2 Å². The highest BCUT2D eigenvalue weighted by molar-refractivity contribution is 6.21. The third-order valence-electron chi connectivity index (χ3n) is 11.9. The number of hydrogen-bond donors (Lipinski definition) is 0. The van der Waals surface area contributed by atoms with Crippen LogP contribution in [0.2, 0.25) is 0 Å². The topological polar surface area (TPSA) is 48.8 Å². The van der Waals surface area contributed by atoms with E-state index in [0.29, 0.717) is 5.95 Å². The van der Waals surface area contributed by atoms with E-state index in [0.717, 1.165) is 77.0 Å². The minimum Gasteiger partial charge on any atom is -0.456 e. The van der Waals surface area contributed by atoms with Crippen molar-refractivity contribution >= 4 is 98.0 Å². The number of nitrogens with zero attached hydrogens (tertiary/aromatic N) is 4. The second-order valence-corrected chi connectivity index (χ2v) is 14.9. The number of rotatable bonds is 3. The Hall–Kier alpha value is -7.76. The minimum absolute atomic E-state index is 0.629. The first-order valence-corrected chi connectivity index (χ1v) is 19.3. The van der Waals surface area contributed by atoms with E-state index >= 15 is 0 Å². The zero-order valence-electron chi connectivity index (χ0n) is 30.5. The maximum atomic E-state index is 6.34. The van der Waals surface area contributed by atoms with Crippen LogP contribution in [-0.4, -0.2) is 19.1 Å². The van der Waals surface area contributed by atoms with E-state index in [1.807, 2.05) is 18.2 Å². The van der Waals surface area contributed by atoms with Gasteiger partial charge in [0, 0.05) is 54.0 Å². The van der Waals surface area contributed by atoms with Crippen LogP contribution in [0.25, 0.3) is 121 Å². The molecule has 0 saturated carbocycles. The average molecular weight is 727 g/mol. The number of furan rings is 1. The molecule has 4 aromatic heterocycles. The van der Waals surface area contributed by atoms with Gasteiger partial charge < -0.3 is 8.98 Å². The van der Waals surface area contributed by atoms with Crippen molar-refractivity contribution in [2.45, 2.75) is 0 Å². The van der Waals surface area contributed by atoms with E-state index in [9.17, 15) is 0 Å². The first kappa shape index (κ1) is 30.6. The van der Waals surface area contributed by atoms with Gasteiger partial charge in [-0.2, -0.15) is 0 Å². The first-order valence-electron chi connectivity index (χ1n) is 19.3. The maximum Gasteiger partial charge on any atom is 0.235 e. The largest absolute Gasteiger partial charge is 0.456 e. The van der Waals surface area contributed by atoms with Gasteiger partial charge >= 0.3 is 0 Å². The lowest BCUT2D eigenvalue weighted by atomic mass is 10.0. The van der Waals surface area contributed by atoms with Gasteiger partial charge in [-0.1, -0.05) is 133 Å². The van der Waals surface area contributed by atoms with Crippen molar-refractivity contribution in [3.05, 3.63) is 182 Å². The molecule has 0 N–H and O–H groups in total. The molecule has 9 aromatic carbocycles. The summed E-state index contributed by atoms with van der Waals surface area (Å²) in [6, 6.07) is 64.8. The quantitative estimate of drug-likeness (QED) is 0.182. The zero-order valence-corrected chi connectivity index (χ0v) is 30.5. The molecule has 5 nitrogen and oxygen atoms in total. The van der Waals surface area contributed by atoms with E-state index in [4.69, 9.17) is 14.4 Å². The number of benzene rings is 9. The second kappa shape index (κ2) is 11.4. The normalized spacial score (nSPS) is 12.2. The van der Waals surface area contributed by atoms with Crippen molar-refractivity contribution in [3.63, 3.8) is 0 Å². The van der Waals surface area contributed by atoms with E-state index in [1.54, 1.807) is 0 Å². The van der Waals surface area contributed by atoms with Gasteiger partial charge in [-0.3, -0.25) is 4.57 Å². The lowest BCUT2D eigenvalue weighted by Gasteiger charge is -2.14. The fourth-order valence-corrected chi connectivity index (χ4v) is 9.46. The third kappa shape index (κ3) is 4.23. The van der Waals surface area contributed by atoms with Gasteiger partial charge in [-0.05, 0) is 59.3 Å². The summed E-state index contributed by atoms with van der Waals surface area (Å²) in [5.74, 6) is 0.629. The van der Waals surface area contributed by atoms with Crippen LogP contribution >= 0.6 is 0 Å². The predicted molar refractivity (Wildman–Crippen MR) is 236 cm³/mol. The molecule has 0 unspecified atom stereocenters. The van der Waals surface area contributed by atoms with Crippen LogP contribution in [-0.2, 0) is 0 Å². The van der Waals surface area contributed by atoms with Crippen molar-refractivity contribution < 1.29 is 4.42 Å². The molecule has 0 atom stereocenters. The number of aromatic nitrogens is 4. The monoisotopic (exact) mass is 726 g/mol. The molecular weight excluding hydrogens is 697 g/mol. The predicted octanol–water partition coefficient (Wildman–Crippen LogP) is 13.7. The molecule has 0 spiro atoms. The highest BCUT2D eigenvalue weighted by Gasteiger charge is 2.22. The molecule has 0 aliphatic heterocycles. The van der Waals surface area contributed by atoms with Gasteiger partial charge in [0.25, 0.3) is 0 Å². The van der Waals surface area contributed by atoms with Gasteiger partial charge in [-0.25, -0.2) is 9.97 Å². The highest BCUT2D eigenvalue weighted by atomic mass is 16.3. The molecule has 13 rings (SSSR count). The second-order valence-electron chi connectivity index (χ2n) is 14.9. The van der Waals surface area contributed by atoms with Crippen molar-refractivity contribution in [1.29, 1.82) is 0 Å². The Kier molecular flexibility index (Phi) is 6.10. The van der Waals surface area contributed by atoms with Crippen molar-refractivity contribution in [2.75, 3.05) is 0 Å². The summed E-state index contributed by atoms with van der Waals surface area (Å²) in [6.45, 7) is 0. The fraction of sp³-hybridized carbons (Fsp3) is 0. The van der Waals surface area contributed by atoms with Crippen LogP contribution in [0.15, 0.2) is 186 Å². The van der Waals surface area contributed by atoms with Gasteiger partial charge in [0.2, 0.25) is 5.95 Å². The molecule has 0 aliphatic carbocycles. The molecule has 5 heteroatoms. The third-order valence-corrected chi connectivity index (χ3v) is 11.9. The maximum absolute atomic E-state index is 6.34. The first-order chi connectivity index (χ1) is 28.3. The summed E-state index contributed by atoms with van der Waals surface area (Å²) >= 11 is 0. The van der Waals surface area contributed by atoms with Crippen LogP contribution < -0.4 is 0 Å². The van der Waals surface area contributed by atoms with Gasteiger partial charge in [-0.15, -0.1) is 0 Å². The number of fused-ring (bicyclic) bond motifs is 13. The number of hydrogen-bond acceptors (Lipinski definition) is 3. The Morgan fingerprint density at radius 1 is 0.386 bits per heavy atom. The molecule has 0 fully saturated rings. The fourth-order valence-electron chi connectivity index (χ4n) is 9.46. The van der Waals surface area contributed by atoms with E-state index in [1.165, 1.54) is 38.0 Å². The SMILES string of the molecule is c1cc(-n2c3ccccc3c3ccc4ccccc4c32)c2cc3c4ccccc4n(-c4nc(-c5cccc6oc7ccccc7c56)c5ccccc5n4)c3cc2c1. The summed E-state index contributed by atoms with van der Waals surface area (Å²) in [5, 5.41) is 12.7.